The number of alkyl halides is 3. The van der Waals surface area contributed by atoms with Gasteiger partial charge in [-0.25, -0.2) is 9.78 Å². The monoisotopic (exact) mass is 558 g/mol. The lowest BCUT2D eigenvalue weighted by Gasteiger charge is -2.40. The smallest absolute Gasteiger partial charge is 0.444 e. The third kappa shape index (κ3) is 7.48. The number of pyridine rings is 1. The first-order valence-electron chi connectivity index (χ1n) is 10.8. The van der Waals surface area contributed by atoms with Crippen LogP contribution in [0.4, 0.5) is 29.5 Å². The second kappa shape index (κ2) is 10.3. The van der Waals surface area contributed by atoms with Gasteiger partial charge in [0.25, 0.3) is 5.91 Å². The lowest BCUT2D eigenvalue weighted by molar-refractivity contribution is -0.274. The minimum absolute atomic E-state index is 0.0294. The molecular weight excluding hydrogens is 533 g/mol. The first-order valence-corrected chi connectivity index (χ1v) is 11.6. The van der Waals surface area contributed by atoms with Crippen LogP contribution in [0.15, 0.2) is 41.0 Å². The maximum atomic E-state index is 12.6. The van der Waals surface area contributed by atoms with Gasteiger partial charge in [0.1, 0.15) is 17.2 Å². The zero-order chi connectivity index (χ0) is 26.0. The largest absolute Gasteiger partial charge is 0.573 e. The van der Waals surface area contributed by atoms with Crippen LogP contribution in [0.25, 0.3) is 0 Å². The van der Waals surface area contributed by atoms with E-state index in [1.165, 1.54) is 18.3 Å². The normalized spacial score (nSPS) is 16.6. The molecule has 3 rings (SSSR count). The molecule has 0 unspecified atom stereocenters. The lowest BCUT2D eigenvalue weighted by atomic mass is 10.1. The molecule has 1 aromatic heterocycles. The molecule has 1 aliphatic heterocycles. The Hall–Kier alpha value is -3.02. The minimum atomic E-state index is -4.86. The van der Waals surface area contributed by atoms with Crippen LogP contribution in [-0.2, 0) is 4.74 Å². The number of aromatic nitrogens is 1. The molecule has 1 aromatic carbocycles. The highest BCUT2D eigenvalue weighted by Gasteiger charge is 2.32. The molecule has 1 fully saturated rings. The summed E-state index contributed by atoms with van der Waals surface area (Å²) < 4.78 is 47.2. The highest BCUT2D eigenvalue weighted by atomic mass is 79.9. The fourth-order valence-corrected chi connectivity index (χ4v) is 3.80. The average molecular weight is 559 g/mol. The van der Waals surface area contributed by atoms with E-state index in [1.807, 2.05) is 32.6 Å². The van der Waals surface area contributed by atoms with E-state index in [1.54, 1.807) is 17.0 Å². The van der Waals surface area contributed by atoms with Crippen LogP contribution < -0.4 is 15.0 Å². The van der Waals surface area contributed by atoms with Crippen molar-refractivity contribution in [3.8, 4) is 5.75 Å². The molecule has 2 aromatic rings. The van der Waals surface area contributed by atoms with Gasteiger partial charge < -0.3 is 24.6 Å². The van der Waals surface area contributed by atoms with Crippen molar-refractivity contribution in [3.05, 3.63) is 46.6 Å². The third-order valence-electron chi connectivity index (χ3n) is 5.00. The minimum Gasteiger partial charge on any atom is -0.444 e. The van der Waals surface area contributed by atoms with Gasteiger partial charge in [0.2, 0.25) is 0 Å². The predicted molar refractivity (Wildman–Crippen MR) is 128 cm³/mol. The molecule has 0 radical (unpaired) electrons. The number of hydrogen-bond acceptors (Lipinski definition) is 6. The summed E-state index contributed by atoms with van der Waals surface area (Å²) in [5.41, 5.74) is -0.207. The van der Waals surface area contributed by atoms with Crippen molar-refractivity contribution in [3.63, 3.8) is 0 Å². The number of ether oxygens (including phenoxy) is 2. The van der Waals surface area contributed by atoms with Crippen LogP contribution in [0.5, 0.6) is 5.75 Å². The van der Waals surface area contributed by atoms with Gasteiger partial charge >= 0.3 is 12.5 Å². The fraction of sp³-hybridized carbons (Fsp3) is 0.435. The summed E-state index contributed by atoms with van der Waals surface area (Å²) in [5.74, 6) is -0.363. The molecule has 12 heteroatoms. The van der Waals surface area contributed by atoms with Crippen molar-refractivity contribution < 1.29 is 32.2 Å². The van der Waals surface area contributed by atoms with Crippen molar-refractivity contribution in [2.45, 2.75) is 45.7 Å². The number of carbonyl (C=O) groups excluding carboxylic acids is 2. The van der Waals surface area contributed by atoms with E-state index >= 15 is 0 Å². The number of anilines is 2. The first-order chi connectivity index (χ1) is 16.2. The lowest BCUT2D eigenvalue weighted by Crippen LogP contribution is -2.54. The zero-order valence-electron chi connectivity index (χ0n) is 19.6. The highest BCUT2D eigenvalue weighted by molar-refractivity contribution is 9.10. The van der Waals surface area contributed by atoms with Crippen LogP contribution >= 0.6 is 15.9 Å². The summed E-state index contributed by atoms with van der Waals surface area (Å²) >= 11 is 2.99. The Labute approximate surface area is 209 Å². The third-order valence-corrected chi connectivity index (χ3v) is 5.65. The van der Waals surface area contributed by atoms with Crippen LogP contribution in [0.2, 0.25) is 0 Å². The number of hydrogen-bond donors (Lipinski definition) is 1. The molecule has 0 bridgehead atoms. The maximum absolute atomic E-state index is 12.6. The fourth-order valence-electron chi connectivity index (χ4n) is 3.47. The first kappa shape index (κ1) is 26.6. The van der Waals surface area contributed by atoms with E-state index in [0.29, 0.717) is 25.5 Å². The van der Waals surface area contributed by atoms with E-state index in [0.717, 1.165) is 6.07 Å². The standard InChI is InChI=1S/C23H26BrF3N4O4/c1-14-13-30(21(33)35-22(2,3)4)9-10-31(14)19-8-5-15(12-28-19)20(32)29-16-6-7-17(24)18(11-16)34-23(25,26)27/h5-8,11-12,14H,9-10,13H2,1-4H3,(H,29,32)/t14-/m1/s1. The summed E-state index contributed by atoms with van der Waals surface area (Å²) in [6.45, 7) is 8.89. The Morgan fingerprint density at radius 2 is 1.86 bits per heavy atom. The molecule has 1 aliphatic rings. The number of carbonyl (C=O) groups is 2. The van der Waals surface area contributed by atoms with Crippen molar-refractivity contribution >= 4 is 39.4 Å². The number of benzene rings is 1. The second-order valence-electron chi connectivity index (χ2n) is 9.02. The van der Waals surface area contributed by atoms with Gasteiger partial charge in [-0.1, -0.05) is 0 Å². The van der Waals surface area contributed by atoms with Crippen molar-refractivity contribution in [2.24, 2.45) is 0 Å². The molecule has 8 nitrogen and oxygen atoms in total. The summed E-state index contributed by atoms with van der Waals surface area (Å²) in [7, 11) is 0. The SMILES string of the molecule is C[C@@H]1CN(C(=O)OC(C)(C)C)CCN1c1ccc(C(=O)Nc2ccc(Br)c(OC(F)(F)F)c2)cn1. The predicted octanol–water partition coefficient (Wildman–Crippen LogP) is 5.44. The Balaban J connectivity index is 1.63. The van der Waals surface area contributed by atoms with Gasteiger partial charge in [-0.15, -0.1) is 13.2 Å². The van der Waals surface area contributed by atoms with E-state index in [9.17, 15) is 22.8 Å². The zero-order valence-corrected chi connectivity index (χ0v) is 21.2. The molecule has 190 valence electrons. The Bertz CT molecular complexity index is 1070. The maximum Gasteiger partial charge on any atom is 0.573 e. The average Bonchev–Trinajstić information content (AvgIpc) is 2.74. The molecule has 0 spiro atoms. The summed E-state index contributed by atoms with van der Waals surface area (Å²) in [6.07, 6.45) is -3.83. The molecule has 1 saturated heterocycles. The molecule has 2 amide bonds. The number of rotatable bonds is 4. The van der Waals surface area contributed by atoms with Crippen LogP contribution in [0.1, 0.15) is 38.1 Å². The summed E-state index contributed by atoms with van der Waals surface area (Å²) in [4.78, 5) is 33.0. The molecular formula is C23H26BrF3N4O4. The Morgan fingerprint density at radius 1 is 1.14 bits per heavy atom. The summed E-state index contributed by atoms with van der Waals surface area (Å²) in [5, 5.41) is 2.54. The van der Waals surface area contributed by atoms with E-state index < -0.39 is 23.6 Å². The van der Waals surface area contributed by atoms with Gasteiger partial charge in [-0.05, 0) is 67.9 Å². The quantitative estimate of drug-likeness (QED) is 0.538. The van der Waals surface area contributed by atoms with Gasteiger partial charge in [0.15, 0.2) is 0 Å². The topological polar surface area (TPSA) is 84.0 Å². The number of nitrogens with zero attached hydrogens (tertiary/aromatic N) is 3. The Morgan fingerprint density at radius 3 is 2.43 bits per heavy atom. The number of halogens is 4. The van der Waals surface area contributed by atoms with Crippen molar-refractivity contribution in [2.75, 3.05) is 29.9 Å². The van der Waals surface area contributed by atoms with Gasteiger partial charge in [0, 0.05) is 43.6 Å². The number of amides is 2. The molecule has 0 aliphatic carbocycles. The Kier molecular flexibility index (Phi) is 7.83. The second-order valence-corrected chi connectivity index (χ2v) is 9.88. The molecule has 0 saturated carbocycles. The molecule has 1 N–H and O–H groups in total. The highest BCUT2D eigenvalue weighted by Crippen LogP contribution is 2.33. The number of nitrogens with one attached hydrogen (secondary N) is 1. The van der Waals surface area contributed by atoms with Gasteiger partial charge in [-0.2, -0.15) is 0 Å². The van der Waals surface area contributed by atoms with Gasteiger partial charge in [0.05, 0.1) is 10.0 Å². The van der Waals surface area contributed by atoms with Crippen LogP contribution in [0, 0.1) is 0 Å². The summed E-state index contributed by atoms with van der Waals surface area (Å²) in [6, 6.07) is 7.10. The van der Waals surface area contributed by atoms with Crippen molar-refractivity contribution in [1.82, 2.24) is 9.88 Å². The molecule has 1 atom stereocenters. The molecule has 2 heterocycles. The number of piperazine rings is 1. The van der Waals surface area contributed by atoms with Gasteiger partial charge in [-0.3, -0.25) is 4.79 Å². The van der Waals surface area contributed by atoms with Crippen molar-refractivity contribution in [1.29, 1.82) is 0 Å². The van der Waals surface area contributed by atoms with E-state index in [-0.39, 0.29) is 27.9 Å². The van der Waals surface area contributed by atoms with Crippen LogP contribution in [-0.4, -0.2) is 59.5 Å². The molecule has 35 heavy (non-hydrogen) atoms. The van der Waals surface area contributed by atoms with Crippen LogP contribution in [0.3, 0.4) is 0 Å². The van der Waals surface area contributed by atoms with E-state index in [4.69, 9.17) is 4.74 Å². The van der Waals surface area contributed by atoms with E-state index in [2.05, 4.69) is 31.0 Å².